The third kappa shape index (κ3) is 23.4. The standard InChI is InChI=1S/C64H91N15O19/c1-14-28-97-63(95)46(25-26-48(80)65-13)77-57(89)37(9)72-53(85)33(5)69-54(86)36(8)74-60(92)61(93)78-58(90)38(10)73-59(91)47-24-19-27-79(47)62(94)40(12)75-55(87)35(7)70-51(83)32(4)67-49(81)30(2)66-50(82)31(3)68-52(84)34(6)71-56(88)39(11)76-64(96)98-29-45-43-22-17-15-20-41(43)42-21-16-18-23-44(42)45/h14-18,20-23,30-40,45-47,61,93H,1,19,24-29H2,2-13H3,(H,65,80)(H,66,82)(H,67,81)(H,68,84)(H,69,86)(H,70,83)(H,71,88)(H,72,85)(H,73,91)(H,74,92)(H,75,87)(H,76,96)(H,77,89)(H,78,90)/t30-,31-,32-,33-,34-,35-,36-,37-,38+,39-,40-,46-,47-,61-/m0/s1. The second-order valence-corrected chi connectivity index (χ2v) is 23.8. The van der Waals surface area contributed by atoms with Crippen LogP contribution >= 0.6 is 0 Å². The average molecular weight is 1370 g/mol. The molecule has 1 aliphatic heterocycles. The molecule has 2 aliphatic rings. The lowest BCUT2D eigenvalue weighted by Gasteiger charge is -2.28. The lowest BCUT2D eigenvalue weighted by molar-refractivity contribution is -0.147. The van der Waals surface area contributed by atoms with Gasteiger partial charge in [-0.25, -0.2) is 9.59 Å². The molecule has 0 saturated carbocycles. The molecule has 536 valence electrons. The van der Waals surface area contributed by atoms with Gasteiger partial charge in [-0.2, -0.15) is 0 Å². The van der Waals surface area contributed by atoms with Crippen LogP contribution < -0.4 is 74.4 Å². The zero-order valence-electron chi connectivity index (χ0n) is 56.8. The Kier molecular flexibility index (Phi) is 30.7. The largest absolute Gasteiger partial charge is 0.460 e. The molecule has 1 saturated heterocycles. The topological polar surface area (TPSA) is 483 Å². The number of carbonyl (C=O) groups is 16. The highest BCUT2D eigenvalue weighted by Gasteiger charge is 2.39. The van der Waals surface area contributed by atoms with Crippen LogP contribution in [0.5, 0.6) is 0 Å². The first-order valence-electron chi connectivity index (χ1n) is 31.8. The average Bonchev–Trinajstić information content (AvgIpc) is 1.62. The number of aliphatic hydroxyl groups excluding tert-OH is 1. The van der Waals surface area contributed by atoms with E-state index < -0.39 is 180 Å². The van der Waals surface area contributed by atoms with Gasteiger partial charge in [-0.1, -0.05) is 61.2 Å². The number of aliphatic hydroxyl groups is 1. The normalized spacial score (nSPS) is 16.9. The Morgan fingerprint density at radius 1 is 0.480 bits per heavy atom. The summed E-state index contributed by atoms with van der Waals surface area (Å²) in [7, 11) is 1.39. The van der Waals surface area contributed by atoms with Crippen molar-refractivity contribution in [2.24, 2.45) is 0 Å². The van der Waals surface area contributed by atoms with Crippen molar-refractivity contribution in [2.45, 2.75) is 193 Å². The lowest BCUT2D eigenvalue weighted by Crippen LogP contribution is -2.59. The molecular weight excluding hydrogens is 1280 g/mol. The number of nitrogens with one attached hydrogen (secondary N) is 14. The summed E-state index contributed by atoms with van der Waals surface area (Å²) in [5.74, 6) is -12.7. The van der Waals surface area contributed by atoms with Gasteiger partial charge < -0.3 is 93.9 Å². The Morgan fingerprint density at radius 3 is 1.24 bits per heavy atom. The maximum absolute atomic E-state index is 13.6. The van der Waals surface area contributed by atoms with E-state index in [1.807, 2.05) is 53.8 Å². The minimum Gasteiger partial charge on any atom is -0.460 e. The molecular formula is C64H91N15O19. The SMILES string of the molecule is C=CCOC(=O)[C@H](CCC(=O)NC)NC(=O)[C@H](C)NC(=O)[C@H](C)NC(=O)[C@H](C)NC(=O)[C@H](O)NC(=O)[C@@H](C)NC(=O)[C@@H]1CCCN1C(=O)[C@H](C)NC(=O)[C@H](C)NC(=O)[C@H](C)NC(=O)[C@H](C)NC(=O)[C@H](C)NC(=O)[C@H](C)NC(=O)[C@H](C)NC(=O)OCC1c2ccccc2-c2ccccc21. The fourth-order valence-electron chi connectivity index (χ4n) is 9.91. The second kappa shape index (κ2) is 37.7. The first-order valence-corrected chi connectivity index (χ1v) is 31.8. The van der Waals surface area contributed by atoms with Gasteiger partial charge in [-0.3, -0.25) is 67.1 Å². The number of amides is 15. The smallest absolute Gasteiger partial charge is 0.407 e. The number of ether oxygens (including phenoxy) is 2. The van der Waals surface area contributed by atoms with Gasteiger partial charge in [0, 0.05) is 25.9 Å². The van der Waals surface area contributed by atoms with E-state index in [0.29, 0.717) is 6.42 Å². The van der Waals surface area contributed by atoms with Crippen molar-refractivity contribution in [3.8, 4) is 11.1 Å². The summed E-state index contributed by atoms with van der Waals surface area (Å²) in [4.78, 5) is 208. The third-order valence-electron chi connectivity index (χ3n) is 15.8. The number of benzene rings is 2. The first-order chi connectivity index (χ1) is 46.1. The molecule has 98 heavy (non-hydrogen) atoms. The summed E-state index contributed by atoms with van der Waals surface area (Å²) in [6.45, 7) is 17.7. The number of esters is 1. The van der Waals surface area contributed by atoms with E-state index in [2.05, 4.69) is 75.7 Å². The van der Waals surface area contributed by atoms with E-state index in [-0.39, 0.29) is 44.9 Å². The molecule has 0 spiro atoms. The molecule has 34 nitrogen and oxygen atoms in total. The number of hydrogen-bond acceptors (Lipinski definition) is 19. The summed E-state index contributed by atoms with van der Waals surface area (Å²) < 4.78 is 10.5. The number of hydrogen-bond donors (Lipinski definition) is 15. The monoisotopic (exact) mass is 1370 g/mol. The predicted octanol–water partition coefficient (Wildman–Crippen LogP) is -3.87. The molecule has 34 heteroatoms. The number of rotatable bonds is 34. The molecule has 15 amide bonds. The molecule has 0 aromatic heterocycles. The predicted molar refractivity (Wildman–Crippen MR) is 349 cm³/mol. The minimum absolute atomic E-state index is 0.0138. The van der Waals surface area contributed by atoms with Crippen LogP contribution in [0.2, 0.25) is 0 Å². The van der Waals surface area contributed by atoms with Crippen LogP contribution in [0.15, 0.2) is 61.2 Å². The van der Waals surface area contributed by atoms with Crippen LogP contribution in [0.1, 0.15) is 119 Å². The highest BCUT2D eigenvalue weighted by atomic mass is 16.5. The molecule has 0 bridgehead atoms. The van der Waals surface area contributed by atoms with Gasteiger partial charge in [0.1, 0.15) is 91.8 Å². The van der Waals surface area contributed by atoms with Crippen LogP contribution in [0.3, 0.4) is 0 Å². The molecule has 2 aromatic carbocycles. The molecule has 15 N–H and O–H groups in total. The van der Waals surface area contributed by atoms with Gasteiger partial charge >= 0.3 is 12.1 Å². The highest BCUT2D eigenvalue weighted by molar-refractivity contribution is 6.00. The summed E-state index contributed by atoms with van der Waals surface area (Å²) in [5, 5.41) is 43.7. The molecule has 1 heterocycles. The van der Waals surface area contributed by atoms with Crippen molar-refractivity contribution in [1.29, 1.82) is 0 Å². The summed E-state index contributed by atoms with van der Waals surface area (Å²) in [6.07, 6.45) is -1.57. The Labute approximate surface area is 566 Å². The number of fused-ring (bicyclic) bond motifs is 3. The maximum Gasteiger partial charge on any atom is 0.407 e. The van der Waals surface area contributed by atoms with Crippen molar-refractivity contribution >= 4 is 94.8 Å². The van der Waals surface area contributed by atoms with Crippen LogP contribution in [-0.2, 0) is 81.4 Å². The number of likely N-dealkylation sites (tertiary alicyclic amines) is 1. The Morgan fingerprint density at radius 2 is 0.837 bits per heavy atom. The molecule has 0 unspecified atom stereocenters. The van der Waals surface area contributed by atoms with Gasteiger partial charge in [0.25, 0.3) is 5.91 Å². The number of carbonyl (C=O) groups excluding carboxylic acids is 16. The fourth-order valence-corrected chi connectivity index (χ4v) is 9.91. The number of nitrogens with zero attached hydrogens (tertiary/aromatic N) is 1. The summed E-state index contributed by atoms with van der Waals surface area (Å²) >= 11 is 0. The highest BCUT2D eigenvalue weighted by Crippen LogP contribution is 2.44. The Balaban J connectivity index is 1.14. The van der Waals surface area contributed by atoms with Crippen LogP contribution in [-0.4, -0.2) is 216 Å². The molecule has 2 aromatic rings. The zero-order chi connectivity index (χ0) is 73.4. The number of alkyl carbamates (subject to hydrolysis) is 1. The Bertz CT molecular complexity index is 3290. The lowest BCUT2D eigenvalue weighted by atomic mass is 9.98. The van der Waals surface area contributed by atoms with Gasteiger partial charge in [-0.15, -0.1) is 0 Å². The maximum atomic E-state index is 13.6. The van der Waals surface area contributed by atoms with Gasteiger partial charge in [0.05, 0.1) is 0 Å². The second-order valence-electron chi connectivity index (χ2n) is 23.8. The minimum atomic E-state index is -2.26. The van der Waals surface area contributed by atoms with Crippen molar-refractivity contribution in [3.05, 3.63) is 72.3 Å². The van der Waals surface area contributed by atoms with Crippen molar-refractivity contribution in [3.63, 3.8) is 0 Å². The van der Waals surface area contributed by atoms with E-state index in [1.54, 1.807) is 0 Å². The Hall–Kier alpha value is -10.5. The first kappa shape index (κ1) is 79.9. The zero-order valence-corrected chi connectivity index (χ0v) is 56.8. The van der Waals surface area contributed by atoms with Gasteiger partial charge in [-0.05, 0) is 118 Å². The van der Waals surface area contributed by atoms with Crippen molar-refractivity contribution in [2.75, 3.05) is 26.8 Å². The molecule has 0 radical (unpaired) electrons. The van der Waals surface area contributed by atoms with E-state index >= 15 is 0 Å². The van der Waals surface area contributed by atoms with E-state index in [1.165, 1.54) is 94.2 Å². The molecule has 1 fully saturated rings. The van der Waals surface area contributed by atoms with Gasteiger partial charge in [0.15, 0.2) is 0 Å². The fraction of sp³-hybridized carbons (Fsp3) is 0.531. The van der Waals surface area contributed by atoms with Crippen LogP contribution in [0.25, 0.3) is 11.1 Å². The quantitative estimate of drug-likeness (QED) is 0.0181. The third-order valence-corrected chi connectivity index (χ3v) is 15.8. The molecule has 4 rings (SSSR count). The van der Waals surface area contributed by atoms with E-state index in [4.69, 9.17) is 9.47 Å². The molecule has 1 aliphatic carbocycles. The summed E-state index contributed by atoms with van der Waals surface area (Å²) in [6, 6.07) is -0.736. The summed E-state index contributed by atoms with van der Waals surface area (Å²) in [5.41, 5.74) is 4.10. The van der Waals surface area contributed by atoms with Crippen LogP contribution in [0.4, 0.5) is 4.79 Å². The van der Waals surface area contributed by atoms with Gasteiger partial charge in [0.2, 0.25) is 83.0 Å². The van der Waals surface area contributed by atoms with Crippen molar-refractivity contribution in [1.82, 2.24) is 79.3 Å². The van der Waals surface area contributed by atoms with Crippen molar-refractivity contribution < 1.29 is 91.3 Å². The molecule has 14 atom stereocenters. The van der Waals surface area contributed by atoms with E-state index in [9.17, 15) is 81.8 Å². The van der Waals surface area contributed by atoms with E-state index in [0.717, 1.165) is 22.3 Å². The van der Waals surface area contributed by atoms with Crippen LogP contribution in [0, 0.1) is 0 Å².